The highest BCUT2D eigenvalue weighted by molar-refractivity contribution is 5.81. The zero-order valence-electron chi connectivity index (χ0n) is 11.9. The first-order chi connectivity index (χ1) is 9.83. The van der Waals surface area contributed by atoms with Crippen molar-refractivity contribution in [2.75, 3.05) is 45.9 Å². The molecule has 0 aromatic carbocycles. The van der Waals surface area contributed by atoms with Gasteiger partial charge < -0.3 is 19.8 Å². The van der Waals surface area contributed by atoms with Crippen LogP contribution in [0.25, 0.3) is 0 Å². The average molecular weight is 278 g/mol. The van der Waals surface area contributed by atoms with Crippen molar-refractivity contribution in [1.29, 1.82) is 0 Å². The lowest BCUT2D eigenvalue weighted by Gasteiger charge is -2.33. The van der Waals surface area contributed by atoms with Gasteiger partial charge in [-0.25, -0.2) is 0 Å². The topological polar surface area (TPSA) is 62.0 Å². The SMILES string of the molecule is Cc1ccc([C@H](CNC2=NCCN2)N2CCOCC2)o1. The molecule has 1 saturated heterocycles. The Bertz CT molecular complexity index is 465. The Morgan fingerprint density at radius 1 is 1.40 bits per heavy atom. The Morgan fingerprint density at radius 3 is 2.90 bits per heavy atom. The number of ether oxygens (including phenoxy) is 1. The van der Waals surface area contributed by atoms with E-state index in [1.807, 2.05) is 13.0 Å². The fourth-order valence-electron chi connectivity index (χ4n) is 2.64. The van der Waals surface area contributed by atoms with Crippen LogP contribution in [0, 0.1) is 6.92 Å². The first-order valence-corrected chi connectivity index (χ1v) is 7.23. The molecule has 0 saturated carbocycles. The van der Waals surface area contributed by atoms with Gasteiger partial charge in [0, 0.05) is 26.2 Å². The summed E-state index contributed by atoms with van der Waals surface area (Å²) in [7, 11) is 0. The number of morpholine rings is 1. The van der Waals surface area contributed by atoms with Gasteiger partial charge in [0.2, 0.25) is 0 Å². The molecule has 1 atom stereocenters. The molecule has 2 aliphatic rings. The molecule has 1 fully saturated rings. The molecule has 0 aliphatic carbocycles. The molecule has 0 spiro atoms. The summed E-state index contributed by atoms with van der Waals surface area (Å²) in [5.74, 6) is 2.86. The summed E-state index contributed by atoms with van der Waals surface area (Å²) in [6.07, 6.45) is 0. The van der Waals surface area contributed by atoms with Gasteiger partial charge in [-0.15, -0.1) is 0 Å². The number of aryl methyl sites for hydroxylation is 1. The highest BCUT2D eigenvalue weighted by atomic mass is 16.5. The minimum atomic E-state index is 0.220. The number of nitrogens with one attached hydrogen (secondary N) is 2. The molecule has 3 rings (SSSR count). The van der Waals surface area contributed by atoms with Crippen LogP contribution >= 0.6 is 0 Å². The van der Waals surface area contributed by atoms with Crippen LogP contribution in [0.3, 0.4) is 0 Å². The Morgan fingerprint density at radius 2 is 2.25 bits per heavy atom. The van der Waals surface area contributed by atoms with E-state index in [0.29, 0.717) is 0 Å². The fraction of sp³-hybridized carbons (Fsp3) is 0.643. The number of rotatable bonds is 4. The van der Waals surface area contributed by atoms with Crippen LogP contribution in [-0.2, 0) is 4.74 Å². The molecular formula is C14H22N4O2. The fourth-order valence-corrected chi connectivity index (χ4v) is 2.64. The smallest absolute Gasteiger partial charge is 0.191 e. The summed E-state index contributed by atoms with van der Waals surface area (Å²) >= 11 is 0. The molecule has 6 heteroatoms. The predicted octanol–water partition coefficient (Wildman–Crippen LogP) is 0.510. The molecule has 1 aromatic rings. The zero-order chi connectivity index (χ0) is 13.8. The molecule has 3 heterocycles. The maximum absolute atomic E-state index is 5.83. The number of hydrogen-bond donors (Lipinski definition) is 2. The molecule has 1 aromatic heterocycles. The van der Waals surface area contributed by atoms with Crippen LogP contribution in [-0.4, -0.2) is 56.8 Å². The van der Waals surface area contributed by atoms with Gasteiger partial charge in [-0.3, -0.25) is 9.89 Å². The summed E-state index contributed by atoms with van der Waals surface area (Å²) in [5.41, 5.74) is 0. The Labute approximate surface area is 119 Å². The number of guanidine groups is 1. The van der Waals surface area contributed by atoms with Crippen LogP contribution in [0.4, 0.5) is 0 Å². The second kappa shape index (κ2) is 6.28. The normalized spacial score (nSPS) is 21.4. The van der Waals surface area contributed by atoms with Crippen molar-refractivity contribution in [1.82, 2.24) is 15.5 Å². The third-order valence-electron chi connectivity index (χ3n) is 3.71. The van der Waals surface area contributed by atoms with Crippen molar-refractivity contribution in [2.45, 2.75) is 13.0 Å². The average Bonchev–Trinajstić information content (AvgIpc) is 3.12. The number of furan rings is 1. The van der Waals surface area contributed by atoms with Crippen LogP contribution in [0.5, 0.6) is 0 Å². The lowest BCUT2D eigenvalue weighted by Crippen LogP contribution is -2.45. The highest BCUT2D eigenvalue weighted by Gasteiger charge is 2.25. The van der Waals surface area contributed by atoms with Crippen LogP contribution in [0.15, 0.2) is 21.5 Å². The molecule has 2 aliphatic heterocycles. The van der Waals surface area contributed by atoms with Gasteiger partial charge >= 0.3 is 0 Å². The van der Waals surface area contributed by atoms with E-state index in [4.69, 9.17) is 9.15 Å². The molecule has 0 amide bonds. The summed E-state index contributed by atoms with van der Waals surface area (Å²) in [5, 5.41) is 6.62. The summed E-state index contributed by atoms with van der Waals surface area (Å²) in [4.78, 5) is 6.78. The summed E-state index contributed by atoms with van der Waals surface area (Å²) < 4.78 is 11.3. The molecule has 110 valence electrons. The van der Waals surface area contributed by atoms with Gasteiger partial charge in [-0.2, -0.15) is 0 Å². The van der Waals surface area contributed by atoms with E-state index in [2.05, 4.69) is 26.6 Å². The Hall–Kier alpha value is -1.53. The molecule has 2 N–H and O–H groups in total. The number of hydrogen-bond acceptors (Lipinski definition) is 6. The first-order valence-electron chi connectivity index (χ1n) is 7.23. The standard InChI is InChI=1S/C14H22N4O2/c1-11-2-3-13(20-11)12(18-6-8-19-9-7-18)10-17-14-15-4-5-16-14/h2-3,12H,4-10H2,1H3,(H2,15,16,17)/t12-/m0/s1. The van der Waals surface area contributed by atoms with Gasteiger partial charge in [-0.05, 0) is 19.1 Å². The number of aliphatic imine (C=N–C) groups is 1. The van der Waals surface area contributed by atoms with Gasteiger partial charge in [0.15, 0.2) is 5.96 Å². The van der Waals surface area contributed by atoms with E-state index in [-0.39, 0.29) is 6.04 Å². The Kier molecular flexibility index (Phi) is 4.22. The van der Waals surface area contributed by atoms with Crippen LogP contribution in [0.1, 0.15) is 17.6 Å². The molecule has 0 radical (unpaired) electrons. The van der Waals surface area contributed by atoms with E-state index in [9.17, 15) is 0 Å². The third kappa shape index (κ3) is 3.13. The second-order valence-electron chi connectivity index (χ2n) is 5.15. The maximum Gasteiger partial charge on any atom is 0.191 e. The molecule has 0 bridgehead atoms. The van der Waals surface area contributed by atoms with E-state index in [1.165, 1.54) is 0 Å². The van der Waals surface area contributed by atoms with Crippen molar-refractivity contribution >= 4 is 5.96 Å². The van der Waals surface area contributed by atoms with E-state index < -0.39 is 0 Å². The lowest BCUT2D eigenvalue weighted by molar-refractivity contribution is 0.0125. The van der Waals surface area contributed by atoms with Crippen molar-refractivity contribution in [3.63, 3.8) is 0 Å². The Balaban J connectivity index is 1.68. The van der Waals surface area contributed by atoms with Gasteiger partial charge in [0.05, 0.1) is 25.8 Å². The minimum absolute atomic E-state index is 0.220. The van der Waals surface area contributed by atoms with E-state index in [1.54, 1.807) is 0 Å². The third-order valence-corrected chi connectivity index (χ3v) is 3.71. The van der Waals surface area contributed by atoms with Crippen molar-refractivity contribution in [2.24, 2.45) is 4.99 Å². The van der Waals surface area contributed by atoms with Crippen LogP contribution in [0.2, 0.25) is 0 Å². The van der Waals surface area contributed by atoms with Gasteiger partial charge in [-0.1, -0.05) is 0 Å². The molecular weight excluding hydrogens is 256 g/mol. The van der Waals surface area contributed by atoms with Gasteiger partial charge in [0.25, 0.3) is 0 Å². The maximum atomic E-state index is 5.83. The van der Waals surface area contributed by atoms with Crippen molar-refractivity contribution in [3.8, 4) is 0 Å². The summed E-state index contributed by atoms with van der Waals surface area (Å²) in [6, 6.07) is 4.31. The number of nitrogens with zero attached hydrogens (tertiary/aromatic N) is 2. The molecule has 6 nitrogen and oxygen atoms in total. The predicted molar refractivity (Wildman–Crippen MR) is 76.9 cm³/mol. The zero-order valence-corrected chi connectivity index (χ0v) is 11.9. The molecule has 0 unspecified atom stereocenters. The quantitative estimate of drug-likeness (QED) is 0.840. The largest absolute Gasteiger partial charge is 0.465 e. The lowest BCUT2D eigenvalue weighted by atomic mass is 10.1. The van der Waals surface area contributed by atoms with E-state index >= 15 is 0 Å². The minimum Gasteiger partial charge on any atom is -0.465 e. The highest BCUT2D eigenvalue weighted by Crippen LogP contribution is 2.23. The van der Waals surface area contributed by atoms with Crippen LogP contribution < -0.4 is 10.6 Å². The van der Waals surface area contributed by atoms with Crippen molar-refractivity contribution in [3.05, 3.63) is 23.7 Å². The van der Waals surface area contributed by atoms with E-state index in [0.717, 1.165) is 63.4 Å². The summed E-state index contributed by atoms with van der Waals surface area (Å²) in [6.45, 7) is 7.99. The second-order valence-corrected chi connectivity index (χ2v) is 5.15. The van der Waals surface area contributed by atoms with Gasteiger partial charge in [0.1, 0.15) is 11.5 Å². The molecule has 20 heavy (non-hydrogen) atoms. The first kappa shape index (κ1) is 13.5. The monoisotopic (exact) mass is 278 g/mol. The van der Waals surface area contributed by atoms with Crippen molar-refractivity contribution < 1.29 is 9.15 Å².